The van der Waals surface area contributed by atoms with E-state index in [1.54, 1.807) is 12.1 Å². The van der Waals surface area contributed by atoms with Crippen molar-refractivity contribution in [3.05, 3.63) is 39.9 Å². The lowest BCUT2D eigenvalue weighted by atomic mass is 10.0. The number of pyridine rings is 1. The van der Waals surface area contributed by atoms with Crippen molar-refractivity contribution in [2.24, 2.45) is 0 Å². The maximum absolute atomic E-state index is 13.3. The zero-order valence-electron chi connectivity index (χ0n) is 16.8. The van der Waals surface area contributed by atoms with Crippen LogP contribution in [-0.2, 0) is 12.8 Å². The van der Waals surface area contributed by atoms with Gasteiger partial charge in [0.2, 0.25) is 11.5 Å². The number of carbonyl (C=O) groups is 1. The van der Waals surface area contributed by atoms with Crippen molar-refractivity contribution in [3.63, 3.8) is 0 Å². The third-order valence-electron chi connectivity index (χ3n) is 5.38. The monoisotopic (exact) mass is 412 g/mol. The molecule has 152 valence electrons. The highest BCUT2D eigenvalue weighted by atomic mass is 32.1. The number of ketones is 1. The van der Waals surface area contributed by atoms with E-state index in [1.165, 1.54) is 51.1 Å². The first-order chi connectivity index (χ1) is 14.1. The Morgan fingerprint density at radius 3 is 2.34 bits per heavy atom. The Morgan fingerprint density at radius 2 is 1.69 bits per heavy atom. The number of nitrogens with zero attached hydrogens (tertiary/aromatic N) is 1. The van der Waals surface area contributed by atoms with Gasteiger partial charge in [0, 0.05) is 16.6 Å². The minimum Gasteiger partial charge on any atom is -0.493 e. The van der Waals surface area contributed by atoms with E-state index in [4.69, 9.17) is 24.9 Å². The molecule has 0 fully saturated rings. The molecule has 29 heavy (non-hydrogen) atoms. The largest absolute Gasteiger partial charge is 0.493 e. The van der Waals surface area contributed by atoms with Gasteiger partial charge in [0.25, 0.3) is 0 Å². The molecule has 0 bridgehead atoms. The topological polar surface area (TPSA) is 83.7 Å². The normalized spacial score (nSPS) is 13.6. The zero-order chi connectivity index (χ0) is 20.5. The van der Waals surface area contributed by atoms with E-state index in [-0.39, 0.29) is 5.78 Å². The van der Waals surface area contributed by atoms with Gasteiger partial charge in [-0.2, -0.15) is 0 Å². The number of hydrogen-bond acceptors (Lipinski definition) is 7. The fourth-order valence-corrected chi connectivity index (χ4v) is 4.91. The van der Waals surface area contributed by atoms with E-state index in [9.17, 15) is 4.79 Å². The maximum Gasteiger partial charge on any atom is 0.205 e. The van der Waals surface area contributed by atoms with Crippen LogP contribution >= 0.6 is 11.3 Å². The summed E-state index contributed by atoms with van der Waals surface area (Å²) in [6.45, 7) is 0. The summed E-state index contributed by atoms with van der Waals surface area (Å²) in [6.07, 6.45) is 5.55. The minimum absolute atomic E-state index is 0.181. The van der Waals surface area contributed by atoms with Crippen LogP contribution in [0.2, 0.25) is 0 Å². The van der Waals surface area contributed by atoms with Gasteiger partial charge in [-0.3, -0.25) is 4.79 Å². The van der Waals surface area contributed by atoms with Gasteiger partial charge in [0.15, 0.2) is 11.5 Å². The molecule has 2 heterocycles. The van der Waals surface area contributed by atoms with E-state index in [1.807, 2.05) is 0 Å². The molecule has 0 radical (unpaired) electrons. The highest BCUT2D eigenvalue weighted by molar-refractivity contribution is 7.21. The standard InChI is InChI=1S/C22H24N2O4S/c1-26-16-10-13(11-17(27-2)20(16)28-3)19(25)21-18(23)14-9-12-7-5-4-6-8-15(12)24-22(14)29-21/h9-11H,4-8,23H2,1-3H3. The van der Waals surface area contributed by atoms with Crippen molar-refractivity contribution >= 4 is 33.0 Å². The van der Waals surface area contributed by atoms with Crippen molar-refractivity contribution < 1.29 is 19.0 Å². The van der Waals surface area contributed by atoms with Gasteiger partial charge in [-0.05, 0) is 49.4 Å². The van der Waals surface area contributed by atoms with E-state index in [0.29, 0.717) is 33.4 Å². The Morgan fingerprint density at radius 1 is 1.00 bits per heavy atom. The second-order valence-corrected chi connectivity index (χ2v) is 8.09. The molecular formula is C22H24N2O4S. The Labute approximate surface area is 173 Å². The Bertz CT molecular complexity index is 1070. The molecule has 1 aliphatic carbocycles. The van der Waals surface area contributed by atoms with Crippen LogP contribution in [0.25, 0.3) is 10.2 Å². The van der Waals surface area contributed by atoms with Gasteiger partial charge in [-0.1, -0.05) is 6.42 Å². The number of ether oxygens (including phenoxy) is 3. The summed E-state index contributed by atoms with van der Waals surface area (Å²) in [5.74, 6) is 1.13. The van der Waals surface area contributed by atoms with Crippen LogP contribution < -0.4 is 19.9 Å². The average Bonchev–Trinajstić information content (AvgIpc) is 2.91. The van der Waals surface area contributed by atoms with Gasteiger partial charge in [-0.15, -0.1) is 11.3 Å². The molecule has 0 atom stereocenters. The van der Waals surface area contributed by atoms with Crippen molar-refractivity contribution in [3.8, 4) is 17.2 Å². The van der Waals surface area contributed by atoms with E-state index in [2.05, 4.69) is 6.07 Å². The lowest BCUT2D eigenvalue weighted by Crippen LogP contribution is -2.04. The quantitative estimate of drug-likeness (QED) is 0.494. The number of fused-ring (bicyclic) bond motifs is 2. The molecule has 3 aromatic rings. The van der Waals surface area contributed by atoms with E-state index >= 15 is 0 Å². The van der Waals surface area contributed by atoms with Crippen molar-refractivity contribution in [2.45, 2.75) is 32.1 Å². The van der Waals surface area contributed by atoms with Crippen molar-refractivity contribution in [1.82, 2.24) is 4.98 Å². The Balaban J connectivity index is 1.80. The summed E-state index contributed by atoms with van der Waals surface area (Å²) in [7, 11) is 4.58. The molecule has 0 aliphatic heterocycles. The summed E-state index contributed by atoms with van der Waals surface area (Å²) in [4.78, 5) is 19.5. The molecule has 7 heteroatoms. The molecule has 4 rings (SSSR count). The number of nitrogens with two attached hydrogens (primary N) is 1. The average molecular weight is 413 g/mol. The number of nitrogen functional groups attached to an aromatic ring is 1. The van der Waals surface area contributed by atoms with Gasteiger partial charge in [0.05, 0.1) is 27.0 Å². The fraction of sp³-hybridized carbons (Fsp3) is 0.364. The lowest BCUT2D eigenvalue weighted by Gasteiger charge is -2.13. The summed E-state index contributed by atoms with van der Waals surface area (Å²) in [5, 5.41) is 0.867. The molecule has 0 spiro atoms. The minimum atomic E-state index is -0.181. The number of aromatic nitrogens is 1. The summed E-state index contributed by atoms with van der Waals surface area (Å²) in [5.41, 5.74) is 9.73. The Kier molecular flexibility index (Phi) is 5.32. The molecular weight excluding hydrogens is 388 g/mol. The third kappa shape index (κ3) is 3.40. The van der Waals surface area contributed by atoms with Crippen LogP contribution in [-0.4, -0.2) is 32.1 Å². The second-order valence-electron chi connectivity index (χ2n) is 7.10. The first kappa shape index (κ1) is 19.5. The van der Waals surface area contributed by atoms with Crippen LogP contribution in [0.3, 0.4) is 0 Å². The first-order valence-electron chi connectivity index (χ1n) is 9.62. The molecule has 0 saturated carbocycles. The molecule has 2 N–H and O–H groups in total. The molecule has 2 aromatic heterocycles. The smallest absolute Gasteiger partial charge is 0.205 e. The summed E-state index contributed by atoms with van der Waals surface area (Å²) < 4.78 is 16.1. The predicted octanol–water partition coefficient (Wildman–Crippen LogP) is 4.40. The van der Waals surface area contributed by atoms with Crippen LogP contribution in [0.1, 0.15) is 45.8 Å². The second kappa shape index (κ2) is 7.91. The van der Waals surface area contributed by atoms with Gasteiger partial charge in [-0.25, -0.2) is 4.98 Å². The Hall–Kier alpha value is -2.80. The predicted molar refractivity (Wildman–Crippen MR) is 115 cm³/mol. The molecule has 1 aliphatic rings. The number of benzene rings is 1. The van der Waals surface area contributed by atoms with Gasteiger partial charge < -0.3 is 19.9 Å². The lowest BCUT2D eigenvalue weighted by molar-refractivity contribution is 0.104. The summed E-state index contributed by atoms with van der Waals surface area (Å²) >= 11 is 1.34. The number of hydrogen-bond donors (Lipinski definition) is 1. The molecule has 0 unspecified atom stereocenters. The zero-order valence-corrected chi connectivity index (χ0v) is 17.6. The summed E-state index contributed by atoms with van der Waals surface area (Å²) in [6, 6.07) is 5.42. The van der Waals surface area contributed by atoms with E-state index < -0.39 is 0 Å². The number of anilines is 1. The highest BCUT2D eigenvalue weighted by Gasteiger charge is 2.24. The number of aryl methyl sites for hydroxylation is 2. The number of methoxy groups -OCH3 is 3. The first-order valence-corrected chi connectivity index (χ1v) is 10.4. The van der Waals surface area contributed by atoms with Crippen LogP contribution in [0.15, 0.2) is 18.2 Å². The van der Waals surface area contributed by atoms with Gasteiger partial charge in [0.1, 0.15) is 9.71 Å². The van der Waals surface area contributed by atoms with Crippen LogP contribution in [0, 0.1) is 0 Å². The van der Waals surface area contributed by atoms with E-state index in [0.717, 1.165) is 35.2 Å². The SMILES string of the molecule is COc1cc(C(=O)c2sc3nc4c(cc3c2N)CCCCC4)cc(OC)c1OC. The maximum atomic E-state index is 13.3. The highest BCUT2D eigenvalue weighted by Crippen LogP contribution is 2.41. The number of rotatable bonds is 5. The van der Waals surface area contributed by atoms with Gasteiger partial charge >= 0.3 is 0 Å². The van der Waals surface area contributed by atoms with Crippen LogP contribution in [0.5, 0.6) is 17.2 Å². The fourth-order valence-electron chi connectivity index (χ4n) is 3.85. The van der Waals surface area contributed by atoms with Crippen molar-refractivity contribution in [1.29, 1.82) is 0 Å². The molecule has 0 amide bonds. The third-order valence-corrected chi connectivity index (χ3v) is 6.50. The van der Waals surface area contributed by atoms with Crippen LogP contribution in [0.4, 0.5) is 5.69 Å². The molecule has 1 aromatic carbocycles. The molecule has 6 nitrogen and oxygen atoms in total. The van der Waals surface area contributed by atoms with Crippen molar-refractivity contribution in [2.75, 3.05) is 27.1 Å². The number of carbonyl (C=O) groups excluding carboxylic acids is 1. The molecule has 0 saturated heterocycles. The number of thiophene rings is 1.